The molecule has 82 valence electrons. The predicted octanol–water partition coefficient (Wildman–Crippen LogP) is 2.78. The van der Waals surface area contributed by atoms with Crippen molar-refractivity contribution < 1.29 is 8.85 Å². The Kier molecular flexibility index (Phi) is 4.26. The summed E-state index contributed by atoms with van der Waals surface area (Å²) in [6.45, 7) is 5.79. The zero-order valence-corrected chi connectivity index (χ0v) is 10.6. The smallest absolute Gasteiger partial charge is 0.338 e. The lowest BCUT2D eigenvalue weighted by Crippen LogP contribution is -2.39. The van der Waals surface area contributed by atoms with Crippen LogP contribution in [-0.2, 0) is 14.9 Å². The quantitative estimate of drug-likeness (QED) is 0.713. The molecule has 0 radical (unpaired) electrons. The van der Waals surface area contributed by atoms with Crippen molar-refractivity contribution in [1.29, 1.82) is 0 Å². The Morgan fingerprint density at radius 2 is 1.73 bits per heavy atom. The van der Waals surface area contributed by atoms with Crippen LogP contribution in [0.25, 0.3) is 6.08 Å². The first-order valence-corrected chi connectivity index (χ1v) is 7.47. The molecule has 15 heavy (non-hydrogen) atoms. The molecule has 0 saturated carbocycles. The van der Waals surface area contributed by atoms with Crippen LogP contribution in [-0.4, -0.2) is 22.8 Å². The van der Waals surface area contributed by atoms with Gasteiger partial charge >= 0.3 is 8.56 Å². The molecule has 0 aliphatic heterocycles. The average molecular weight is 222 g/mol. The van der Waals surface area contributed by atoms with E-state index in [4.69, 9.17) is 8.85 Å². The first kappa shape index (κ1) is 12.2. The second-order valence-electron chi connectivity index (χ2n) is 3.66. The van der Waals surface area contributed by atoms with E-state index < -0.39 is 8.56 Å². The summed E-state index contributed by atoms with van der Waals surface area (Å²) in [4.78, 5) is 0. The monoisotopic (exact) mass is 222 g/mol. The van der Waals surface area contributed by atoms with Crippen LogP contribution in [0.3, 0.4) is 0 Å². The van der Waals surface area contributed by atoms with Gasteiger partial charge < -0.3 is 8.85 Å². The Labute approximate surface area is 92.8 Å². The summed E-state index contributed by atoms with van der Waals surface area (Å²) in [5.74, 6) is 0. The van der Waals surface area contributed by atoms with Crippen LogP contribution in [0.4, 0.5) is 0 Å². The fraction of sp³-hybridized carbons (Fsp3) is 0.333. The predicted molar refractivity (Wildman–Crippen MR) is 65.9 cm³/mol. The average Bonchev–Trinajstić information content (AvgIpc) is 2.30. The summed E-state index contributed by atoms with van der Waals surface area (Å²) in [6, 6.07) is 9.18. The van der Waals surface area contributed by atoms with E-state index in [2.05, 4.69) is 37.4 Å². The van der Waals surface area contributed by atoms with Crippen molar-refractivity contribution >= 4 is 14.6 Å². The Balaban J connectivity index is 2.76. The molecule has 0 atom stereocenters. The van der Waals surface area contributed by atoms with E-state index in [9.17, 15) is 0 Å². The van der Waals surface area contributed by atoms with Gasteiger partial charge in [0.1, 0.15) is 0 Å². The summed E-state index contributed by atoms with van der Waals surface area (Å²) >= 11 is 0. The molecule has 0 saturated heterocycles. The molecule has 0 N–H and O–H groups in total. The highest BCUT2D eigenvalue weighted by molar-refractivity contribution is 6.65. The van der Waals surface area contributed by atoms with E-state index >= 15 is 0 Å². The van der Waals surface area contributed by atoms with E-state index in [-0.39, 0.29) is 0 Å². The standard InChI is InChI=1S/C12H18O2Si/c1-5-11-6-8-12(9-7-11)10-15(4,13-2)14-3/h5-9H,1,10H2,2-4H3. The van der Waals surface area contributed by atoms with Crippen molar-refractivity contribution in [2.45, 2.75) is 12.6 Å². The minimum atomic E-state index is -1.99. The SMILES string of the molecule is C=Cc1ccc(C[Si](C)(OC)OC)cc1. The molecule has 0 bridgehead atoms. The topological polar surface area (TPSA) is 18.5 Å². The van der Waals surface area contributed by atoms with E-state index in [0.717, 1.165) is 11.6 Å². The van der Waals surface area contributed by atoms with Gasteiger partial charge in [-0.15, -0.1) is 0 Å². The number of benzene rings is 1. The van der Waals surface area contributed by atoms with Gasteiger partial charge in [-0.3, -0.25) is 0 Å². The Morgan fingerprint density at radius 1 is 1.20 bits per heavy atom. The zero-order valence-electron chi connectivity index (χ0n) is 9.62. The number of rotatable bonds is 5. The van der Waals surface area contributed by atoms with E-state index in [1.807, 2.05) is 6.08 Å². The molecule has 0 aliphatic carbocycles. The summed E-state index contributed by atoms with van der Waals surface area (Å²) in [5.41, 5.74) is 2.38. The van der Waals surface area contributed by atoms with Crippen LogP contribution in [0.15, 0.2) is 30.8 Å². The lowest BCUT2D eigenvalue weighted by Gasteiger charge is -2.22. The highest BCUT2D eigenvalue weighted by atomic mass is 28.4. The van der Waals surface area contributed by atoms with Crippen LogP contribution in [0.5, 0.6) is 0 Å². The maximum atomic E-state index is 5.44. The first-order chi connectivity index (χ1) is 7.13. The summed E-state index contributed by atoms with van der Waals surface area (Å²) < 4.78 is 10.9. The molecular formula is C12H18O2Si. The van der Waals surface area contributed by atoms with Crippen LogP contribution in [0.1, 0.15) is 11.1 Å². The molecule has 0 aromatic heterocycles. The lowest BCUT2D eigenvalue weighted by molar-refractivity contribution is 0.249. The molecule has 1 aromatic rings. The molecule has 2 nitrogen and oxygen atoms in total. The van der Waals surface area contributed by atoms with Gasteiger partial charge in [0.15, 0.2) is 0 Å². The third-order valence-corrected chi connectivity index (χ3v) is 5.38. The Hall–Kier alpha value is -0.903. The van der Waals surface area contributed by atoms with Gasteiger partial charge in [-0.25, -0.2) is 0 Å². The number of hydrogen-bond acceptors (Lipinski definition) is 2. The summed E-state index contributed by atoms with van der Waals surface area (Å²) in [5, 5.41) is 0. The van der Waals surface area contributed by atoms with Gasteiger partial charge in [0, 0.05) is 20.3 Å². The molecule has 0 amide bonds. The Bertz CT molecular complexity index is 315. The molecule has 0 spiro atoms. The second kappa shape index (κ2) is 5.26. The molecular weight excluding hydrogens is 204 g/mol. The minimum absolute atomic E-state index is 0.872. The highest BCUT2D eigenvalue weighted by Crippen LogP contribution is 2.14. The molecule has 0 unspecified atom stereocenters. The normalized spacial score (nSPS) is 11.4. The maximum absolute atomic E-state index is 5.44. The van der Waals surface area contributed by atoms with Crippen molar-refractivity contribution in [1.82, 2.24) is 0 Å². The van der Waals surface area contributed by atoms with Crippen LogP contribution in [0, 0.1) is 0 Å². The summed E-state index contributed by atoms with van der Waals surface area (Å²) in [6.07, 6.45) is 1.84. The second-order valence-corrected chi connectivity index (χ2v) is 7.10. The van der Waals surface area contributed by atoms with Crippen molar-refractivity contribution in [3.05, 3.63) is 42.0 Å². The molecule has 1 rings (SSSR count). The van der Waals surface area contributed by atoms with Gasteiger partial charge in [0.2, 0.25) is 0 Å². The van der Waals surface area contributed by atoms with Crippen molar-refractivity contribution in [2.24, 2.45) is 0 Å². The van der Waals surface area contributed by atoms with Gasteiger partial charge in [-0.2, -0.15) is 0 Å². The van der Waals surface area contributed by atoms with Gasteiger partial charge in [0.05, 0.1) is 0 Å². The molecule has 1 aromatic carbocycles. The largest absolute Gasteiger partial charge is 0.398 e. The van der Waals surface area contributed by atoms with E-state index in [0.29, 0.717) is 0 Å². The molecule has 0 fully saturated rings. The first-order valence-electron chi connectivity index (χ1n) is 4.95. The zero-order chi connectivity index (χ0) is 11.3. The minimum Gasteiger partial charge on any atom is -0.398 e. The van der Waals surface area contributed by atoms with Crippen molar-refractivity contribution in [2.75, 3.05) is 14.2 Å². The fourth-order valence-corrected chi connectivity index (χ4v) is 2.80. The van der Waals surface area contributed by atoms with Gasteiger partial charge in [-0.1, -0.05) is 36.9 Å². The molecule has 3 heteroatoms. The van der Waals surface area contributed by atoms with Crippen molar-refractivity contribution in [3.8, 4) is 0 Å². The highest BCUT2D eigenvalue weighted by Gasteiger charge is 2.28. The fourth-order valence-electron chi connectivity index (χ4n) is 1.37. The van der Waals surface area contributed by atoms with Crippen LogP contribution in [0.2, 0.25) is 6.55 Å². The van der Waals surface area contributed by atoms with Crippen molar-refractivity contribution in [3.63, 3.8) is 0 Å². The molecule has 0 aliphatic rings. The van der Waals surface area contributed by atoms with E-state index in [1.165, 1.54) is 5.56 Å². The van der Waals surface area contributed by atoms with Crippen LogP contribution < -0.4 is 0 Å². The maximum Gasteiger partial charge on any atom is 0.338 e. The summed E-state index contributed by atoms with van der Waals surface area (Å²) in [7, 11) is 1.44. The third-order valence-electron chi connectivity index (χ3n) is 2.60. The lowest BCUT2D eigenvalue weighted by atomic mass is 10.1. The Morgan fingerprint density at radius 3 is 2.13 bits per heavy atom. The number of hydrogen-bond donors (Lipinski definition) is 0. The van der Waals surface area contributed by atoms with Crippen LogP contribution >= 0.6 is 0 Å². The third kappa shape index (κ3) is 3.30. The molecule has 0 heterocycles. The van der Waals surface area contributed by atoms with E-state index in [1.54, 1.807) is 14.2 Å². The van der Waals surface area contributed by atoms with Gasteiger partial charge in [-0.05, 0) is 17.7 Å². The van der Waals surface area contributed by atoms with Gasteiger partial charge in [0.25, 0.3) is 0 Å².